The molecule has 1 aliphatic heterocycles. The molecule has 0 amide bonds. The number of Topliss-reactive ketones (excluding diaryl/α,β-unsaturated/α-hetero) is 1. The Hall–Kier alpha value is -4.31. The van der Waals surface area contributed by atoms with E-state index in [0.717, 1.165) is 5.56 Å². The molecule has 2 bridgehead atoms. The topological polar surface area (TPSA) is 201 Å². The predicted molar refractivity (Wildman–Crippen MR) is 199 cm³/mol. The SMILES string of the molecule is CC1=C2[C@@H](O)C(=O)[C@@]3(C)[C@H]([C@H](OC(=O)c4ccccc4)[C@](O)(C[C@@H]1OC(=O)[C@H](O)[C@@H](NOCc1ccccc1)c1ccccc1)C2(C)C)[C@]1(O)CO[C@@H]1C[C@@H]3O. The second-order valence-electron chi connectivity index (χ2n) is 16.3. The van der Waals surface area contributed by atoms with E-state index < -0.39 is 94.8 Å². The number of aliphatic hydroxyl groups is 5. The fourth-order valence-corrected chi connectivity index (χ4v) is 9.49. The molecule has 0 aromatic heterocycles. The zero-order chi connectivity index (χ0) is 40.2. The highest BCUT2D eigenvalue weighted by Gasteiger charge is 2.76. The molecule has 0 unspecified atom stereocenters. The van der Waals surface area contributed by atoms with Gasteiger partial charge in [0.25, 0.3) is 0 Å². The van der Waals surface area contributed by atoms with Crippen LogP contribution in [0, 0.1) is 16.7 Å². The lowest BCUT2D eigenvalue weighted by Gasteiger charge is -2.66. The van der Waals surface area contributed by atoms with Gasteiger partial charge in [-0.25, -0.2) is 9.59 Å². The molecule has 13 nitrogen and oxygen atoms in total. The first-order valence-electron chi connectivity index (χ1n) is 18.8. The van der Waals surface area contributed by atoms with Crippen LogP contribution in [-0.2, 0) is 35.2 Å². The molecule has 298 valence electrons. The largest absolute Gasteiger partial charge is 0.456 e. The van der Waals surface area contributed by atoms with E-state index in [1.54, 1.807) is 69.3 Å². The minimum atomic E-state index is -2.27. The third-order valence-electron chi connectivity index (χ3n) is 12.9. The molecule has 3 aromatic carbocycles. The van der Waals surface area contributed by atoms with Crippen LogP contribution in [0.1, 0.15) is 68.1 Å². The van der Waals surface area contributed by atoms with E-state index >= 15 is 0 Å². The fourth-order valence-electron chi connectivity index (χ4n) is 9.49. The van der Waals surface area contributed by atoms with Crippen LogP contribution in [0.25, 0.3) is 0 Å². The molecule has 1 saturated heterocycles. The van der Waals surface area contributed by atoms with Crippen LogP contribution in [0.15, 0.2) is 102 Å². The Kier molecular flexibility index (Phi) is 10.6. The number of esters is 2. The van der Waals surface area contributed by atoms with Gasteiger partial charge < -0.3 is 39.7 Å². The van der Waals surface area contributed by atoms with Gasteiger partial charge in [0.15, 0.2) is 11.9 Å². The molecule has 2 saturated carbocycles. The molecular weight excluding hydrogens is 722 g/mol. The predicted octanol–water partition coefficient (Wildman–Crippen LogP) is 2.89. The zero-order valence-corrected chi connectivity index (χ0v) is 31.7. The van der Waals surface area contributed by atoms with Gasteiger partial charge in [-0.1, -0.05) is 92.7 Å². The fraction of sp³-hybridized carbons (Fsp3) is 0.465. The molecule has 7 rings (SSSR count). The standard InChI is InChI=1S/C43H49NO12/c1-24-28(55-39(50)34(47)32(26-16-10-6-11-17-26)44-54-22-25-14-8-5-9-15-25)21-43(52)37(56-38(49)27-18-12-7-13-19-27)35-41(4,29(45)20-30-42(35,51)23-53-30)36(48)33(46)31(24)40(43,2)3/h5-19,28-30,32-35,37,44-47,51-52H,20-23H2,1-4H3/t28-,29-,30+,32-,33+,34+,35-,37-,41+,42-,43+/m0/s1. The number of carbonyl (C=O) groups excluding carboxylic acids is 3. The Morgan fingerprint density at radius 3 is 2.12 bits per heavy atom. The molecule has 56 heavy (non-hydrogen) atoms. The molecule has 3 fully saturated rings. The normalized spacial score (nSPS) is 34.4. The van der Waals surface area contributed by atoms with Crippen molar-refractivity contribution < 1.29 is 59.0 Å². The van der Waals surface area contributed by atoms with E-state index in [9.17, 15) is 39.9 Å². The first-order chi connectivity index (χ1) is 26.6. The van der Waals surface area contributed by atoms with Crippen molar-refractivity contribution in [2.75, 3.05) is 6.61 Å². The van der Waals surface area contributed by atoms with Gasteiger partial charge in [-0.3, -0.25) is 9.63 Å². The van der Waals surface area contributed by atoms with E-state index in [4.69, 9.17) is 19.0 Å². The number of ether oxygens (including phenoxy) is 3. The van der Waals surface area contributed by atoms with Crippen molar-refractivity contribution in [1.29, 1.82) is 0 Å². The summed E-state index contributed by atoms with van der Waals surface area (Å²) in [7, 11) is 0. The van der Waals surface area contributed by atoms with Gasteiger partial charge in [-0.2, -0.15) is 5.48 Å². The summed E-state index contributed by atoms with van der Waals surface area (Å²) < 4.78 is 17.9. The van der Waals surface area contributed by atoms with Gasteiger partial charge in [-0.05, 0) is 48.3 Å². The van der Waals surface area contributed by atoms with Crippen LogP contribution in [-0.4, -0.2) is 97.7 Å². The summed E-state index contributed by atoms with van der Waals surface area (Å²) in [5.41, 5.74) is -3.16. The number of hydrogen-bond donors (Lipinski definition) is 6. The minimum absolute atomic E-state index is 0.000855. The second-order valence-corrected chi connectivity index (χ2v) is 16.3. The number of aliphatic hydroxyl groups excluding tert-OH is 3. The molecule has 6 N–H and O–H groups in total. The zero-order valence-electron chi connectivity index (χ0n) is 31.7. The van der Waals surface area contributed by atoms with Crippen LogP contribution in [0.3, 0.4) is 0 Å². The van der Waals surface area contributed by atoms with Crippen LogP contribution in [0.2, 0.25) is 0 Å². The summed E-state index contributed by atoms with van der Waals surface area (Å²) in [6, 6.07) is 24.8. The van der Waals surface area contributed by atoms with Crippen LogP contribution in [0.4, 0.5) is 0 Å². The van der Waals surface area contributed by atoms with Gasteiger partial charge >= 0.3 is 11.9 Å². The summed E-state index contributed by atoms with van der Waals surface area (Å²) in [4.78, 5) is 48.4. The van der Waals surface area contributed by atoms with Crippen molar-refractivity contribution in [2.45, 2.75) is 101 Å². The van der Waals surface area contributed by atoms with Gasteiger partial charge in [0.05, 0.1) is 42.4 Å². The summed E-state index contributed by atoms with van der Waals surface area (Å²) in [6.45, 7) is 5.94. The Balaban J connectivity index is 1.28. The number of hydroxylamine groups is 1. The molecule has 11 atom stereocenters. The Labute approximate surface area is 324 Å². The van der Waals surface area contributed by atoms with Crippen LogP contribution >= 0.6 is 0 Å². The third-order valence-corrected chi connectivity index (χ3v) is 12.9. The van der Waals surface area contributed by atoms with Gasteiger partial charge in [0, 0.05) is 24.2 Å². The number of ketones is 1. The summed E-state index contributed by atoms with van der Waals surface area (Å²) in [5, 5.41) is 60.9. The van der Waals surface area contributed by atoms with E-state index in [2.05, 4.69) is 5.48 Å². The molecule has 0 spiro atoms. The highest BCUT2D eigenvalue weighted by molar-refractivity contribution is 5.94. The Morgan fingerprint density at radius 1 is 0.911 bits per heavy atom. The van der Waals surface area contributed by atoms with Crippen molar-refractivity contribution in [3.63, 3.8) is 0 Å². The average Bonchev–Trinajstić information content (AvgIpc) is 3.19. The highest BCUT2D eigenvalue weighted by atomic mass is 16.6. The quantitative estimate of drug-likeness (QED) is 0.1000. The van der Waals surface area contributed by atoms with Crippen molar-refractivity contribution in [2.24, 2.45) is 16.7 Å². The molecule has 3 aromatic rings. The number of rotatable bonds is 10. The molecular formula is C43H49NO12. The Bertz CT molecular complexity index is 1970. The number of carbonyl (C=O) groups is 3. The summed E-state index contributed by atoms with van der Waals surface area (Å²) in [6.07, 6.45) is -9.93. The van der Waals surface area contributed by atoms with Gasteiger partial charge in [0.1, 0.15) is 29.5 Å². The van der Waals surface area contributed by atoms with Crippen LogP contribution < -0.4 is 5.48 Å². The highest BCUT2D eigenvalue weighted by Crippen LogP contribution is 2.63. The monoisotopic (exact) mass is 771 g/mol. The number of fused-ring (bicyclic) bond motifs is 5. The van der Waals surface area contributed by atoms with E-state index in [-0.39, 0.29) is 36.3 Å². The second kappa shape index (κ2) is 14.9. The van der Waals surface area contributed by atoms with E-state index in [0.29, 0.717) is 5.56 Å². The smallest absolute Gasteiger partial charge is 0.338 e. The number of hydrogen-bond acceptors (Lipinski definition) is 13. The molecule has 4 aliphatic rings. The molecule has 1 heterocycles. The van der Waals surface area contributed by atoms with Gasteiger partial charge in [0.2, 0.25) is 0 Å². The van der Waals surface area contributed by atoms with Gasteiger partial charge in [-0.15, -0.1) is 0 Å². The first-order valence-corrected chi connectivity index (χ1v) is 18.8. The summed E-state index contributed by atoms with van der Waals surface area (Å²) in [5.74, 6) is -4.35. The third kappa shape index (κ3) is 6.40. The van der Waals surface area contributed by atoms with Crippen molar-refractivity contribution >= 4 is 17.7 Å². The van der Waals surface area contributed by atoms with E-state index in [1.165, 1.54) is 19.1 Å². The maximum atomic E-state index is 14.7. The van der Waals surface area contributed by atoms with Crippen molar-refractivity contribution in [1.82, 2.24) is 5.48 Å². The summed E-state index contributed by atoms with van der Waals surface area (Å²) >= 11 is 0. The minimum Gasteiger partial charge on any atom is -0.456 e. The Morgan fingerprint density at radius 2 is 1.52 bits per heavy atom. The van der Waals surface area contributed by atoms with Crippen molar-refractivity contribution in [3.8, 4) is 0 Å². The lowest BCUT2D eigenvalue weighted by atomic mass is 9.44. The van der Waals surface area contributed by atoms with E-state index in [1.807, 2.05) is 30.3 Å². The molecule has 13 heteroatoms. The number of nitrogens with one attached hydrogen (secondary N) is 1. The van der Waals surface area contributed by atoms with Crippen molar-refractivity contribution in [3.05, 3.63) is 119 Å². The maximum Gasteiger partial charge on any atom is 0.338 e. The first kappa shape index (κ1) is 39.9. The molecule has 0 radical (unpaired) electrons. The lowest BCUT2D eigenvalue weighted by Crippen LogP contribution is -2.81. The number of benzene rings is 3. The maximum absolute atomic E-state index is 14.7. The molecule has 3 aliphatic carbocycles. The average molecular weight is 772 g/mol. The van der Waals surface area contributed by atoms with Crippen LogP contribution in [0.5, 0.6) is 0 Å². The lowest BCUT2D eigenvalue weighted by molar-refractivity contribution is -0.343.